The van der Waals surface area contributed by atoms with Crippen LogP contribution in [0.4, 0.5) is 0 Å². The normalized spacial score (nSPS) is 17.0. The number of likely N-dealkylation sites (tertiary alicyclic amines) is 1. The molecule has 130 valence electrons. The predicted molar refractivity (Wildman–Crippen MR) is 96.3 cm³/mol. The average Bonchev–Trinajstić information content (AvgIpc) is 2.93. The van der Waals surface area contributed by atoms with Gasteiger partial charge in [0.2, 0.25) is 5.91 Å². The van der Waals surface area contributed by atoms with Crippen LogP contribution in [0.3, 0.4) is 0 Å². The van der Waals surface area contributed by atoms with E-state index in [4.69, 9.17) is 4.74 Å². The molecule has 1 aliphatic heterocycles. The number of carbonyl (C=O) groups is 2. The summed E-state index contributed by atoms with van der Waals surface area (Å²) in [4.78, 5) is 26.4. The third kappa shape index (κ3) is 4.08. The number of hydrogen-bond acceptors (Lipinski definition) is 3. The number of benzene rings is 2. The van der Waals surface area contributed by atoms with Crippen molar-refractivity contribution in [2.45, 2.75) is 33.7 Å². The molecule has 0 radical (unpaired) electrons. The van der Waals surface area contributed by atoms with E-state index in [2.05, 4.69) is 0 Å². The molecule has 0 aliphatic carbocycles. The number of hydrogen-bond donors (Lipinski definition) is 0. The molecule has 1 aliphatic rings. The van der Waals surface area contributed by atoms with Gasteiger partial charge in [0.15, 0.2) is 0 Å². The monoisotopic (exact) mass is 337 g/mol. The van der Waals surface area contributed by atoms with E-state index in [1.165, 1.54) is 5.56 Å². The van der Waals surface area contributed by atoms with Gasteiger partial charge in [-0.25, -0.2) is 0 Å². The summed E-state index contributed by atoms with van der Waals surface area (Å²) in [6.07, 6.45) is 0.218. The van der Waals surface area contributed by atoms with E-state index >= 15 is 0 Å². The first-order valence-corrected chi connectivity index (χ1v) is 8.54. The number of nitrogens with zero attached hydrogens (tertiary/aromatic N) is 1. The zero-order chi connectivity index (χ0) is 18.0. The molecule has 0 aromatic heterocycles. The lowest BCUT2D eigenvalue weighted by Crippen LogP contribution is -2.27. The summed E-state index contributed by atoms with van der Waals surface area (Å²) in [5, 5.41) is 0. The quantitative estimate of drug-likeness (QED) is 0.633. The molecule has 3 rings (SSSR count). The maximum absolute atomic E-state index is 12.4. The topological polar surface area (TPSA) is 46.6 Å². The Kier molecular flexibility index (Phi) is 4.88. The van der Waals surface area contributed by atoms with Crippen LogP contribution < -0.4 is 4.74 Å². The van der Waals surface area contributed by atoms with Crippen molar-refractivity contribution < 1.29 is 14.3 Å². The highest BCUT2D eigenvalue weighted by molar-refractivity contribution is 5.87. The molecule has 2 aromatic rings. The highest BCUT2D eigenvalue weighted by Gasteiger charge is 2.35. The van der Waals surface area contributed by atoms with E-state index in [1.54, 1.807) is 4.90 Å². The second-order valence-electron chi connectivity index (χ2n) is 6.85. The largest absolute Gasteiger partial charge is 0.426 e. The van der Waals surface area contributed by atoms with Gasteiger partial charge in [-0.05, 0) is 38.0 Å². The molecule has 1 amide bonds. The van der Waals surface area contributed by atoms with E-state index in [1.807, 2.05) is 63.2 Å². The van der Waals surface area contributed by atoms with Crippen molar-refractivity contribution in [3.8, 4) is 5.75 Å². The molecule has 0 unspecified atom stereocenters. The zero-order valence-corrected chi connectivity index (χ0v) is 14.9. The molecular formula is C21H23NO3. The van der Waals surface area contributed by atoms with Gasteiger partial charge in [0.05, 0.1) is 5.92 Å². The fourth-order valence-electron chi connectivity index (χ4n) is 3.10. The second-order valence-corrected chi connectivity index (χ2v) is 6.85. The van der Waals surface area contributed by atoms with Gasteiger partial charge in [-0.3, -0.25) is 9.59 Å². The summed E-state index contributed by atoms with van der Waals surface area (Å²) < 4.78 is 5.53. The molecule has 4 heteroatoms. The summed E-state index contributed by atoms with van der Waals surface area (Å²) in [6, 6.07) is 13.8. The van der Waals surface area contributed by atoms with Crippen LogP contribution in [0.1, 0.15) is 28.7 Å². The Hall–Kier alpha value is -2.62. The number of carbonyl (C=O) groups excluding carboxylic acids is 2. The van der Waals surface area contributed by atoms with Crippen LogP contribution >= 0.6 is 0 Å². The molecule has 2 aromatic carbocycles. The van der Waals surface area contributed by atoms with Gasteiger partial charge in [-0.2, -0.15) is 0 Å². The smallest absolute Gasteiger partial charge is 0.316 e. The maximum atomic E-state index is 12.4. The molecule has 0 N–H and O–H groups in total. The summed E-state index contributed by atoms with van der Waals surface area (Å²) >= 11 is 0. The predicted octanol–water partition coefficient (Wildman–Crippen LogP) is 3.57. The lowest BCUT2D eigenvalue weighted by atomic mass is 10.1. The third-order valence-corrected chi connectivity index (χ3v) is 4.58. The molecular weight excluding hydrogens is 314 g/mol. The van der Waals surface area contributed by atoms with Crippen LogP contribution in [-0.2, 0) is 16.1 Å². The van der Waals surface area contributed by atoms with Crippen molar-refractivity contribution in [2.75, 3.05) is 6.54 Å². The summed E-state index contributed by atoms with van der Waals surface area (Å²) in [5.41, 5.74) is 4.31. The van der Waals surface area contributed by atoms with E-state index in [9.17, 15) is 9.59 Å². The van der Waals surface area contributed by atoms with Crippen LogP contribution in [0.2, 0.25) is 0 Å². The van der Waals surface area contributed by atoms with Crippen LogP contribution in [0, 0.1) is 26.7 Å². The van der Waals surface area contributed by atoms with Crippen LogP contribution in [-0.4, -0.2) is 23.3 Å². The lowest BCUT2D eigenvalue weighted by Gasteiger charge is -2.17. The zero-order valence-electron chi connectivity index (χ0n) is 14.9. The molecule has 25 heavy (non-hydrogen) atoms. The molecule has 0 bridgehead atoms. The van der Waals surface area contributed by atoms with Gasteiger partial charge >= 0.3 is 5.97 Å². The third-order valence-electron chi connectivity index (χ3n) is 4.58. The molecule has 1 saturated heterocycles. The summed E-state index contributed by atoms with van der Waals surface area (Å²) in [6.45, 7) is 6.89. The number of aryl methyl sites for hydroxylation is 3. The Morgan fingerprint density at radius 1 is 1.08 bits per heavy atom. The van der Waals surface area contributed by atoms with Crippen molar-refractivity contribution >= 4 is 11.9 Å². The lowest BCUT2D eigenvalue weighted by molar-refractivity contribution is -0.139. The SMILES string of the molecule is Cc1ccc(CN2C[C@@H](C(=O)Oc3ccc(C)cc3C)CC2=O)cc1. The van der Waals surface area contributed by atoms with Gasteiger partial charge in [0.25, 0.3) is 0 Å². The molecule has 1 fully saturated rings. The van der Waals surface area contributed by atoms with Crippen LogP contribution in [0.25, 0.3) is 0 Å². The van der Waals surface area contributed by atoms with Gasteiger partial charge in [0, 0.05) is 19.5 Å². The first-order valence-electron chi connectivity index (χ1n) is 8.54. The molecule has 0 saturated carbocycles. The Morgan fingerprint density at radius 2 is 1.76 bits per heavy atom. The first-order chi connectivity index (χ1) is 11.9. The van der Waals surface area contributed by atoms with Gasteiger partial charge < -0.3 is 9.64 Å². The average molecular weight is 337 g/mol. The fourth-order valence-corrected chi connectivity index (χ4v) is 3.10. The first kappa shape index (κ1) is 17.2. The highest BCUT2D eigenvalue weighted by atomic mass is 16.5. The number of ether oxygens (including phenoxy) is 1. The van der Waals surface area contributed by atoms with Gasteiger partial charge in [0.1, 0.15) is 5.75 Å². The summed E-state index contributed by atoms with van der Waals surface area (Å²) in [5.74, 6) is -0.159. The molecule has 1 heterocycles. The Balaban J connectivity index is 1.63. The minimum Gasteiger partial charge on any atom is -0.426 e. The van der Waals surface area contributed by atoms with E-state index < -0.39 is 5.92 Å². The van der Waals surface area contributed by atoms with E-state index in [0.29, 0.717) is 18.8 Å². The Morgan fingerprint density at radius 3 is 2.44 bits per heavy atom. The van der Waals surface area contributed by atoms with Gasteiger partial charge in [-0.1, -0.05) is 47.5 Å². The van der Waals surface area contributed by atoms with Crippen molar-refractivity contribution in [1.82, 2.24) is 4.90 Å². The second kappa shape index (κ2) is 7.09. The number of esters is 1. The van der Waals surface area contributed by atoms with Crippen LogP contribution in [0.5, 0.6) is 5.75 Å². The Bertz CT molecular complexity index is 795. The van der Waals surface area contributed by atoms with Crippen LogP contribution in [0.15, 0.2) is 42.5 Å². The number of rotatable bonds is 4. The maximum Gasteiger partial charge on any atom is 0.316 e. The van der Waals surface area contributed by atoms with E-state index in [0.717, 1.165) is 16.7 Å². The Labute approximate surface area is 148 Å². The molecule has 0 spiro atoms. The summed E-state index contributed by atoms with van der Waals surface area (Å²) in [7, 11) is 0. The molecule has 1 atom stereocenters. The number of amides is 1. The van der Waals surface area contributed by atoms with Crippen molar-refractivity contribution in [3.05, 3.63) is 64.7 Å². The standard InChI is InChI=1S/C21H23NO3/c1-14-4-7-17(8-5-14)12-22-13-18(11-20(22)23)21(24)25-19-9-6-15(2)10-16(19)3/h4-10,18H,11-13H2,1-3H3/t18-/m0/s1. The fraction of sp³-hybridized carbons (Fsp3) is 0.333. The van der Waals surface area contributed by atoms with Crippen molar-refractivity contribution in [3.63, 3.8) is 0 Å². The van der Waals surface area contributed by atoms with Gasteiger partial charge in [-0.15, -0.1) is 0 Å². The van der Waals surface area contributed by atoms with Crippen molar-refractivity contribution in [2.24, 2.45) is 5.92 Å². The minimum atomic E-state index is -0.404. The minimum absolute atomic E-state index is 0.00292. The van der Waals surface area contributed by atoms with E-state index in [-0.39, 0.29) is 18.3 Å². The van der Waals surface area contributed by atoms with Crippen molar-refractivity contribution in [1.29, 1.82) is 0 Å². The highest BCUT2D eigenvalue weighted by Crippen LogP contribution is 2.25. The molecule has 4 nitrogen and oxygen atoms in total.